The normalized spacial score (nSPS) is 11.7. The predicted molar refractivity (Wildman–Crippen MR) is 87.0 cm³/mol. The Bertz CT molecular complexity index is 709. The number of thiocarbonyl (C=S) groups is 1. The van der Waals surface area contributed by atoms with Crippen molar-refractivity contribution in [1.82, 2.24) is 0 Å². The van der Waals surface area contributed by atoms with Gasteiger partial charge in [-0.2, -0.15) is 0 Å². The van der Waals surface area contributed by atoms with Gasteiger partial charge in [-0.05, 0) is 29.8 Å². The van der Waals surface area contributed by atoms with Crippen LogP contribution in [-0.2, 0) is 4.79 Å². The largest absolute Gasteiger partial charge is 0.477 e. The van der Waals surface area contributed by atoms with E-state index in [1.807, 2.05) is 18.2 Å². The molecule has 0 bridgehead atoms. The topological polar surface area (TPSA) is 64.9 Å². The summed E-state index contributed by atoms with van der Waals surface area (Å²) in [7, 11) is 0. The first kappa shape index (κ1) is 15.4. The van der Waals surface area contributed by atoms with E-state index in [9.17, 15) is 9.90 Å². The van der Waals surface area contributed by atoms with Crippen molar-refractivity contribution in [3.63, 3.8) is 0 Å². The van der Waals surface area contributed by atoms with E-state index in [2.05, 4.69) is 5.73 Å². The van der Waals surface area contributed by atoms with Gasteiger partial charge in [0.05, 0.1) is 4.86 Å². The molecule has 0 spiro atoms. The lowest BCUT2D eigenvalue weighted by atomic mass is 9.99. The Balaban J connectivity index is 2.52. The summed E-state index contributed by atoms with van der Waals surface area (Å²) in [5.74, 6) is -1.09. The van der Waals surface area contributed by atoms with E-state index in [1.54, 1.807) is 36.4 Å². The van der Waals surface area contributed by atoms with Crippen LogP contribution < -0.4 is 5.73 Å². The summed E-state index contributed by atoms with van der Waals surface area (Å²) in [4.78, 5) is 11.9. The second kappa shape index (κ2) is 6.63. The molecule has 0 radical (unpaired) electrons. The molecule has 106 valence electrons. The van der Waals surface area contributed by atoms with Gasteiger partial charge in [-0.1, -0.05) is 54.2 Å². The Morgan fingerprint density at radius 2 is 1.57 bits per heavy atom. The van der Waals surface area contributed by atoms with Crippen molar-refractivity contribution in [3.8, 4) is 0 Å². The van der Waals surface area contributed by atoms with E-state index in [1.165, 1.54) is 0 Å². The maximum atomic E-state index is 11.6. The molecule has 5 heteroatoms. The monoisotopic (exact) mass is 318 g/mol. The zero-order valence-corrected chi connectivity index (χ0v) is 12.6. The van der Waals surface area contributed by atoms with Gasteiger partial charge in [-0.3, -0.25) is 0 Å². The SMILES string of the molecule is [NH3+]C(=C(C(=O)O)C(=S)c1ccccc1)c1ccc(Cl)cc1. The number of hydrogen-bond donors (Lipinski definition) is 2. The predicted octanol–water partition coefficient (Wildman–Crippen LogP) is 2.80. The van der Waals surface area contributed by atoms with Crippen molar-refractivity contribution >= 4 is 40.3 Å². The molecule has 0 aliphatic heterocycles. The lowest BCUT2D eigenvalue weighted by Crippen LogP contribution is -2.48. The smallest absolute Gasteiger partial charge is 0.343 e. The molecule has 0 fully saturated rings. The van der Waals surface area contributed by atoms with Crippen LogP contribution in [0.2, 0.25) is 5.02 Å². The minimum Gasteiger partial charge on any atom is -0.477 e. The van der Waals surface area contributed by atoms with Crippen LogP contribution in [0.15, 0.2) is 60.2 Å². The molecular formula is C16H13ClNO2S+. The molecule has 2 aromatic rings. The van der Waals surface area contributed by atoms with Crippen LogP contribution in [0, 0.1) is 0 Å². The number of halogens is 1. The highest BCUT2D eigenvalue weighted by Gasteiger charge is 2.22. The molecular weight excluding hydrogens is 306 g/mol. The Morgan fingerprint density at radius 3 is 2.10 bits per heavy atom. The number of rotatable bonds is 4. The van der Waals surface area contributed by atoms with Gasteiger partial charge >= 0.3 is 5.97 Å². The molecule has 4 N–H and O–H groups in total. The number of hydrogen-bond acceptors (Lipinski definition) is 2. The highest BCUT2D eigenvalue weighted by atomic mass is 35.5. The molecule has 0 unspecified atom stereocenters. The minimum absolute atomic E-state index is 0.0264. The quantitative estimate of drug-likeness (QED) is 0.517. The summed E-state index contributed by atoms with van der Waals surface area (Å²) < 4.78 is 0. The zero-order valence-electron chi connectivity index (χ0n) is 11.0. The lowest BCUT2D eigenvalue weighted by molar-refractivity contribution is -0.244. The van der Waals surface area contributed by atoms with Crippen molar-refractivity contribution in [3.05, 3.63) is 76.3 Å². The van der Waals surface area contributed by atoms with Crippen LogP contribution in [0.4, 0.5) is 0 Å². The average Bonchev–Trinajstić information content (AvgIpc) is 2.48. The molecule has 0 aliphatic carbocycles. The molecule has 0 aliphatic rings. The summed E-state index contributed by atoms with van der Waals surface area (Å²) in [6.45, 7) is 0. The van der Waals surface area contributed by atoms with Crippen molar-refractivity contribution in [1.29, 1.82) is 0 Å². The third-order valence-electron chi connectivity index (χ3n) is 2.97. The van der Waals surface area contributed by atoms with Crippen molar-refractivity contribution in [2.24, 2.45) is 0 Å². The summed E-state index contributed by atoms with van der Waals surface area (Å²) in [6, 6.07) is 15.8. The number of carbonyl (C=O) groups is 1. The molecule has 3 nitrogen and oxygen atoms in total. The molecule has 0 amide bonds. The minimum atomic E-state index is -1.09. The van der Waals surface area contributed by atoms with Crippen molar-refractivity contribution in [2.75, 3.05) is 0 Å². The van der Waals surface area contributed by atoms with E-state index >= 15 is 0 Å². The van der Waals surface area contributed by atoms with Crippen LogP contribution in [0.25, 0.3) is 5.70 Å². The molecule has 21 heavy (non-hydrogen) atoms. The number of aliphatic carboxylic acids is 1. The Labute approximate surface area is 132 Å². The molecule has 2 rings (SSSR count). The second-order valence-electron chi connectivity index (χ2n) is 4.36. The highest BCUT2D eigenvalue weighted by Crippen LogP contribution is 2.19. The maximum absolute atomic E-state index is 11.6. The zero-order chi connectivity index (χ0) is 15.4. The summed E-state index contributed by atoms with van der Waals surface area (Å²) in [5, 5.41) is 10.1. The second-order valence-corrected chi connectivity index (χ2v) is 5.21. The van der Waals surface area contributed by atoms with Gasteiger partial charge in [0, 0.05) is 10.6 Å². The van der Waals surface area contributed by atoms with Gasteiger partial charge in [0.2, 0.25) is 0 Å². The fourth-order valence-electron chi connectivity index (χ4n) is 1.89. The average molecular weight is 319 g/mol. The van der Waals surface area contributed by atoms with Crippen LogP contribution >= 0.6 is 23.8 Å². The Hall–Kier alpha value is -2.01. The highest BCUT2D eigenvalue weighted by molar-refractivity contribution is 7.81. The van der Waals surface area contributed by atoms with Crippen LogP contribution in [-0.4, -0.2) is 15.9 Å². The van der Waals surface area contributed by atoms with E-state index in [4.69, 9.17) is 23.8 Å². The van der Waals surface area contributed by atoms with Gasteiger partial charge in [0.15, 0.2) is 5.70 Å². The molecule has 0 saturated heterocycles. The first-order valence-corrected chi connectivity index (χ1v) is 6.94. The standard InChI is InChI=1S/C16H12ClNO2S/c17-12-8-6-10(7-9-12)14(18)13(16(19)20)15(21)11-4-2-1-3-5-11/h1-9H,18H2,(H,19,20)/p+1. The maximum Gasteiger partial charge on any atom is 0.343 e. The fraction of sp³-hybridized carbons (Fsp3) is 0. The van der Waals surface area contributed by atoms with Gasteiger partial charge < -0.3 is 10.8 Å². The number of benzene rings is 2. The van der Waals surface area contributed by atoms with Gasteiger partial charge in [-0.25, -0.2) is 4.79 Å². The fourth-order valence-corrected chi connectivity index (χ4v) is 2.37. The van der Waals surface area contributed by atoms with E-state index in [0.29, 0.717) is 21.8 Å². The van der Waals surface area contributed by atoms with Crippen LogP contribution in [0.5, 0.6) is 0 Å². The number of carboxylic acids is 1. The molecule has 0 atom stereocenters. The third-order valence-corrected chi connectivity index (χ3v) is 3.66. The van der Waals surface area contributed by atoms with Crippen LogP contribution in [0.3, 0.4) is 0 Å². The summed E-state index contributed by atoms with van der Waals surface area (Å²) in [6.07, 6.45) is 0. The van der Waals surface area contributed by atoms with Crippen molar-refractivity contribution in [2.45, 2.75) is 0 Å². The number of quaternary nitrogens is 1. The molecule has 0 saturated carbocycles. The summed E-state index contributed by atoms with van der Waals surface area (Å²) in [5.41, 5.74) is 5.63. The first-order chi connectivity index (χ1) is 10.0. The third kappa shape index (κ3) is 3.55. The van der Waals surface area contributed by atoms with E-state index in [0.717, 1.165) is 0 Å². The lowest BCUT2D eigenvalue weighted by Gasteiger charge is -2.07. The molecule has 0 heterocycles. The Kier molecular flexibility index (Phi) is 4.85. The van der Waals surface area contributed by atoms with E-state index in [-0.39, 0.29) is 10.4 Å². The number of carboxylic acid groups (broad SMARTS) is 1. The van der Waals surface area contributed by atoms with Gasteiger partial charge in [0.1, 0.15) is 5.57 Å². The summed E-state index contributed by atoms with van der Waals surface area (Å²) >= 11 is 11.2. The van der Waals surface area contributed by atoms with Crippen LogP contribution in [0.1, 0.15) is 11.1 Å². The molecule has 0 aromatic heterocycles. The Morgan fingerprint density at radius 1 is 1.00 bits per heavy atom. The first-order valence-electron chi connectivity index (χ1n) is 6.16. The van der Waals surface area contributed by atoms with Crippen molar-refractivity contribution < 1.29 is 15.6 Å². The van der Waals surface area contributed by atoms with Gasteiger partial charge in [-0.15, -0.1) is 0 Å². The molecule has 2 aromatic carbocycles. The van der Waals surface area contributed by atoms with E-state index < -0.39 is 5.97 Å². The van der Waals surface area contributed by atoms with Gasteiger partial charge in [0.25, 0.3) is 0 Å².